The van der Waals surface area contributed by atoms with E-state index in [-0.39, 0.29) is 35.2 Å². The lowest BCUT2D eigenvalue weighted by molar-refractivity contribution is -0.137. The largest absolute Gasteiger partial charge is 0.481 e. The van der Waals surface area contributed by atoms with Crippen LogP contribution in [0.1, 0.15) is 116 Å². The number of hydrazine groups is 1. The molecule has 2 aromatic carbocycles. The Hall–Kier alpha value is -5.85. The minimum Gasteiger partial charge on any atom is -0.481 e. The van der Waals surface area contributed by atoms with Gasteiger partial charge in [0.15, 0.2) is 5.96 Å². The minimum atomic E-state index is -1.18. The molecule has 1 atom stereocenters. The van der Waals surface area contributed by atoms with Crippen LogP contribution in [0.25, 0.3) is 0 Å². The summed E-state index contributed by atoms with van der Waals surface area (Å²) in [6.07, 6.45) is 7.78. The van der Waals surface area contributed by atoms with Crippen LogP contribution in [-0.4, -0.2) is 84.5 Å². The van der Waals surface area contributed by atoms with Crippen LogP contribution in [0.4, 0.5) is 10.5 Å². The van der Waals surface area contributed by atoms with E-state index in [1.165, 1.54) is 36.4 Å². The first-order valence-electron chi connectivity index (χ1n) is 19.5. The molecule has 12 N–H and O–H groups in total. The zero-order chi connectivity index (χ0) is 42.5. The van der Waals surface area contributed by atoms with Crippen molar-refractivity contribution in [3.63, 3.8) is 0 Å². The average Bonchev–Trinajstić information content (AvgIpc) is 3.19. The van der Waals surface area contributed by atoms with Crippen molar-refractivity contribution in [3.05, 3.63) is 65.2 Å². The fourth-order valence-corrected chi connectivity index (χ4v) is 5.63. The number of carbonyl (C=O) groups excluding carboxylic acids is 6. The van der Waals surface area contributed by atoms with Crippen LogP contribution in [-0.2, 0) is 19.2 Å². The second-order valence-electron chi connectivity index (χ2n) is 13.4. The molecule has 2 aromatic rings. The number of urea groups is 1. The quantitative estimate of drug-likeness (QED) is 0.0206. The molecule has 19 heteroatoms. The SMILES string of the molecule is NC(N)=Nc1cccc(C(=O)NNC(=O)NC(CC(=O)O)c2ccc(C(=O)NCCCCCC(=O)NCCCCCC(=O)NCCCCCC(=O)NCCS)cc2)c1. The highest BCUT2D eigenvalue weighted by atomic mass is 32.1. The Labute approximate surface area is 344 Å². The van der Waals surface area contributed by atoms with Crippen LogP contribution < -0.4 is 48.9 Å². The van der Waals surface area contributed by atoms with E-state index in [9.17, 15) is 38.7 Å². The van der Waals surface area contributed by atoms with E-state index in [4.69, 9.17) is 11.5 Å². The van der Waals surface area contributed by atoms with Crippen LogP contribution in [0.5, 0.6) is 0 Å². The van der Waals surface area contributed by atoms with Crippen molar-refractivity contribution in [1.29, 1.82) is 0 Å². The molecule has 0 aliphatic rings. The predicted molar refractivity (Wildman–Crippen MR) is 223 cm³/mol. The summed E-state index contributed by atoms with van der Waals surface area (Å²) in [7, 11) is 0. The van der Waals surface area contributed by atoms with E-state index in [1.54, 1.807) is 12.1 Å². The van der Waals surface area contributed by atoms with E-state index in [1.807, 2.05) is 0 Å². The first-order chi connectivity index (χ1) is 27.9. The van der Waals surface area contributed by atoms with Gasteiger partial charge >= 0.3 is 12.0 Å². The van der Waals surface area contributed by atoms with E-state index >= 15 is 0 Å². The zero-order valence-electron chi connectivity index (χ0n) is 32.8. The smallest absolute Gasteiger partial charge is 0.333 e. The maximum Gasteiger partial charge on any atom is 0.333 e. The molecule has 18 nitrogen and oxygen atoms in total. The fraction of sp³-hybridized carbons (Fsp3) is 0.487. The molecule has 318 valence electrons. The Balaban J connectivity index is 1.57. The molecule has 0 fully saturated rings. The molecule has 0 aliphatic carbocycles. The Kier molecular flexibility index (Phi) is 23.8. The number of nitrogens with zero attached hydrogens (tertiary/aromatic N) is 1. The van der Waals surface area contributed by atoms with Gasteiger partial charge in [-0.3, -0.25) is 34.2 Å². The van der Waals surface area contributed by atoms with Crippen LogP contribution >= 0.6 is 12.6 Å². The molecular formula is C39H58N10O8S. The summed E-state index contributed by atoms with van der Waals surface area (Å²) < 4.78 is 0. The lowest BCUT2D eigenvalue weighted by Crippen LogP contribution is -2.48. The van der Waals surface area contributed by atoms with Gasteiger partial charge in [-0.15, -0.1) is 0 Å². The number of rotatable bonds is 27. The number of nitrogens with one attached hydrogen (secondary N) is 7. The van der Waals surface area contributed by atoms with Gasteiger partial charge in [-0.2, -0.15) is 12.6 Å². The van der Waals surface area contributed by atoms with Crippen LogP contribution in [0.3, 0.4) is 0 Å². The third kappa shape index (κ3) is 22.0. The number of hydrogen-bond acceptors (Lipinski definition) is 9. The van der Waals surface area contributed by atoms with Crippen LogP contribution in [0.15, 0.2) is 53.5 Å². The van der Waals surface area contributed by atoms with Gasteiger partial charge < -0.3 is 43.2 Å². The van der Waals surface area contributed by atoms with Crippen molar-refractivity contribution in [2.24, 2.45) is 16.5 Å². The molecule has 0 heterocycles. The number of benzene rings is 2. The van der Waals surface area contributed by atoms with Gasteiger partial charge in [0.05, 0.1) is 18.2 Å². The third-order valence-corrected chi connectivity index (χ3v) is 8.74. The van der Waals surface area contributed by atoms with Crippen molar-refractivity contribution < 1.29 is 38.7 Å². The molecule has 58 heavy (non-hydrogen) atoms. The summed E-state index contributed by atoms with van der Waals surface area (Å²) >= 11 is 4.06. The molecule has 7 amide bonds. The van der Waals surface area contributed by atoms with Crippen LogP contribution in [0, 0.1) is 0 Å². The van der Waals surface area contributed by atoms with Crippen molar-refractivity contribution in [3.8, 4) is 0 Å². The predicted octanol–water partition coefficient (Wildman–Crippen LogP) is 2.44. The molecule has 0 saturated heterocycles. The zero-order valence-corrected chi connectivity index (χ0v) is 33.7. The van der Waals surface area contributed by atoms with Crippen molar-refractivity contribution >= 4 is 65.8 Å². The number of guanidine groups is 1. The minimum absolute atomic E-state index is 0.0135. The number of thiol groups is 1. The van der Waals surface area contributed by atoms with Crippen molar-refractivity contribution in [2.75, 3.05) is 31.9 Å². The molecule has 0 aliphatic heterocycles. The van der Waals surface area contributed by atoms with Gasteiger partial charge in [0.2, 0.25) is 17.7 Å². The lowest BCUT2D eigenvalue weighted by atomic mass is 10.0. The first-order valence-corrected chi connectivity index (χ1v) is 20.1. The van der Waals surface area contributed by atoms with Gasteiger partial charge in [0, 0.05) is 62.3 Å². The standard InChI is InChI=1S/C39H58N10O8S/c40-38(41)46-30-12-10-11-29(25-30)37(56)48-49-39(57)47-31(26-35(53)54)27-16-18-28(19-17-27)36(55)45-22-9-3-6-14-33(51)43-20-7-1-4-13-32(50)42-21-8-2-5-15-34(52)44-23-24-58/h10-12,16-19,25,31,58H,1-9,13-15,20-24,26H2,(H,42,50)(H,43,51)(H,44,52)(H,45,55)(H,48,56)(H,53,54)(H4,40,41,46)(H2,47,49,57). The molecule has 1 unspecified atom stereocenters. The van der Waals surface area contributed by atoms with Crippen molar-refractivity contribution in [1.82, 2.24) is 37.4 Å². The third-order valence-electron chi connectivity index (χ3n) is 8.52. The second kappa shape index (κ2) is 28.5. The summed E-state index contributed by atoms with van der Waals surface area (Å²) in [4.78, 5) is 88.8. The number of aliphatic imine (C=N–C) groups is 1. The number of carboxylic acids is 1. The van der Waals surface area contributed by atoms with Crippen LogP contribution in [0.2, 0.25) is 0 Å². The lowest BCUT2D eigenvalue weighted by Gasteiger charge is -2.18. The summed E-state index contributed by atoms with van der Waals surface area (Å²) in [5.41, 5.74) is 16.4. The normalized spacial score (nSPS) is 11.0. The maximum atomic E-state index is 12.7. The first kappa shape index (κ1) is 48.3. The summed E-state index contributed by atoms with van der Waals surface area (Å²) in [5, 5.41) is 23.3. The van der Waals surface area contributed by atoms with Gasteiger partial charge in [-0.05, 0) is 74.4 Å². The van der Waals surface area contributed by atoms with Gasteiger partial charge in [0.25, 0.3) is 11.8 Å². The average molecular weight is 827 g/mol. The number of amides is 7. The number of nitrogens with two attached hydrogens (primary N) is 2. The summed E-state index contributed by atoms with van der Waals surface area (Å²) in [6.45, 7) is 2.12. The Bertz CT molecular complexity index is 1670. The second-order valence-corrected chi connectivity index (χ2v) is 13.8. The number of carboxylic acid groups (broad SMARTS) is 1. The van der Waals surface area contributed by atoms with Gasteiger partial charge in [0.1, 0.15) is 0 Å². The van der Waals surface area contributed by atoms with Gasteiger partial charge in [-0.25, -0.2) is 15.2 Å². The maximum absolute atomic E-state index is 12.7. The highest BCUT2D eigenvalue weighted by Crippen LogP contribution is 2.18. The molecule has 0 radical (unpaired) electrons. The van der Waals surface area contributed by atoms with E-state index in [0.717, 1.165) is 44.9 Å². The fourth-order valence-electron chi connectivity index (χ4n) is 5.52. The number of carbonyl (C=O) groups is 7. The molecular weight excluding hydrogens is 769 g/mol. The molecule has 0 aromatic heterocycles. The number of aliphatic carboxylic acids is 1. The molecule has 0 spiro atoms. The Morgan fingerprint density at radius 3 is 1.67 bits per heavy atom. The monoisotopic (exact) mass is 826 g/mol. The topological polar surface area (TPSA) is 288 Å². The van der Waals surface area contributed by atoms with Gasteiger partial charge in [-0.1, -0.05) is 37.5 Å². The highest BCUT2D eigenvalue weighted by Gasteiger charge is 2.19. The highest BCUT2D eigenvalue weighted by molar-refractivity contribution is 7.80. The number of unbranched alkanes of at least 4 members (excludes halogenated alkanes) is 6. The summed E-state index contributed by atoms with van der Waals surface area (Å²) in [5.74, 6) is -1.73. The van der Waals surface area contributed by atoms with E-state index in [0.29, 0.717) is 80.9 Å². The number of hydrogen-bond donors (Lipinski definition) is 11. The molecule has 0 bridgehead atoms. The van der Waals surface area contributed by atoms with Crippen molar-refractivity contribution in [2.45, 2.75) is 89.5 Å². The summed E-state index contributed by atoms with van der Waals surface area (Å²) in [6, 6.07) is 10.3. The molecule has 2 rings (SSSR count). The molecule has 0 saturated carbocycles. The Morgan fingerprint density at radius 1 is 0.621 bits per heavy atom. The van der Waals surface area contributed by atoms with E-state index < -0.39 is 30.4 Å². The van der Waals surface area contributed by atoms with E-state index in [2.05, 4.69) is 55.1 Å². The Morgan fingerprint density at radius 2 is 1.16 bits per heavy atom.